The van der Waals surface area contributed by atoms with Gasteiger partial charge in [-0.15, -0.1) is 0 Å². The Balaban J connectivity index is -0.0000000208. The summed E-state index contributed by atoms with van der Waals surface area (Å²) in [5.74, 6) is 0. The molecule has 38 valence electrons. The van der Waals surface area contributed by atoms with Crippen LogP contribution >= 0.6 is 0 Å². The topological polar surface area (TPSA) is 0 Å². The molecule has 0 saturated heterocycles. The molecule has 0 aliphatic carbocycles. The minimum absolute atomic E-state index is 0. The average Bonchev–Trinajstić information content (AvgIpc) is 1.36. The van der Waals surface area contributed by atoms with Gasteiger partial charge in [0.25, 0.3) is 6.08 Å². The van der Waals surface area contributed by atoms with Gasteiger partial charge in [0, 0.05) is 0 Å². The van der Waals surface area contributed by atoms with Crippen LogP contribution in [-0.2, 0) is 0 Å². The zero-order valence-corrected chi connectivity index (χ0v) is 11.4. The van der Waals surface area contributed by atoms with E-state index in [1.54, 1.807) is 0 Å². The van der Waals surface area contributed by atoms with Crippen molar-refractivity contribution in [3.05, 3.63) is 11.8 Å². The predicted octanol–water partition coefficient (Wildman–Crippen LogP) is -5.11. The summed E-state index contributed by atoms with van der Waals surface area (Å²) in [4.78, 5) is 0. The Morgan fingerprint density at radius 2 is 1.25 bits per heavy atom. The number of halogens is 3. The van der Waals surface area contributed by atoms with Crippen LogP contribution in [-0.4, -0.2) is 7.85 Å². The van der Waals surface area contributed by atoms with E-state index in [-0.39, 0.29) is 106 Å². The van der Waals surface area contributed by atoms with Crippen LogP contribution in [0, 0.1) is 0 Å². The monoisotopic (exact) mass is 174 g/mol. The number of rotatable bonds is 0. The molecule has 0 nitrogen and oxygen atoms in total. The second kappa shape index (κ2) is 9.87. The van der Waals surface area contributed by atoms with Gasteiger partial charge in [-0.2, -0.15) is 8.78 Å². The number of hydrogen-bond acceptors (Lipinski definition) is 0. The van der Waals surface area contributed by atoms with Gasteiger partial charge in [-0.3, -0.25) is 0 Å². The van der Waals surface area contributed by atoms with E-state index in [1.807, 2.05) is 0 Å². The van der Waals surface area contributed by atoms with Gasteiger partial charge >= 0.3 is 103 Å². The van der Waals surface area contributed by atoms with Crippen molar-refractivity contribution >= 4 is 7.85 Å². The van der Waals surface area contributed by atoms with Crippen molar-refractivity contribution in [2.75, 3.05) is 0 Å². The van der Waals surface area contributed by atoms with Crippen LogP contribution in [0.4, 0.5) is 13.2 Å². The third-order valence-corrected chi connectivity index (χ3v) is 0.260. The second-order valence-electron chi connectivity index (χ2n) is 0.794. The maximum Gasteiger partial charge on any atom is 1.00 e. The molecule has 0 fully saturated rings. The molecule has 0 aromatic carbocycles. The van der Waals surface area contributed by atoms with Gasteiger partial charge in [-0.1, -0.05) is 0 Å². The van der Waals surface area contributed by atoms with E-state index < -0.39 is 11.8 Å². The first-order valence-electron chi connectivity index (χ1n) is 1.32. The quantitative estimate of drug-likeness (QED) is 0.322. The summed E-state index contributed by atoms with van der Waals surface area (Å²) in [7, 11) is 0.704. The summed E-state index contributed by atoms with van der Waals surface area (Å²) in [6.45, 7) is 0. The SMILES string of the molecule is BC(F)=C(F)F.[H-].[H-].[K+].[K+]. The summed E-state index contributed by atoms with van der Waals surface area (Å²) < 4.78 is 32.3. The van der Waals surface area contributed by atoms with Crippen LogP contribution in [0.1, 0.15) is 2.85 Å². The third kappa shape index (κ3) is 11.6. The van der Waals surface area contributed by atoms with Crippen LogP contribution in [0.25, 0.3) is 0 Å². The minimum atomic E-state index is -2.24. The molecule has 0 bridgehead atoms. The summed E-state index contributed by atoms with van der Waals surface area (Å²) in [6.07, 6.45) is -2.24. The van der Waals surface area contributed by atoms with Crippen molar-refractivity contribution in [1.29, 1.82) is 0 Å². The standard InChI is InChI=1S/C2H2BF3.2K.2H/c3-1(4)2(5)6;;;;/h3H2;;;;/q;2*+1;2*-1. The first kappa shape index (κ1) is 17.1. The summed E-state index contributed by atoms with van der Waals surface area (Å²) >= 11 is 0. The molecule has 0 radical (unpaired) electrons. The van der Waals surface area contributed by atoms with Crippen LogP contribution < -0.4 is 103 Å². The minimum Gasteiger partial charge on any atom is -1.00 e. The zero-order chi connectivity index (χ0) is 5.15. The molecule has 0 aliphatic heterocycles. The fraction of sp³-hybridized carbons (Fsp3) is 0. The largest absolute Gasteiger partial charge is 1.00 e. The predicted molar refractivity (Wildman–Crippen MR) is 21.1 cm³/mol. The van der Waals surface area contributed by atoms with E-state index >= 15 is 0 Å². The van der Waals surface area contributed by atoms with E-state index in [0.717, 1.165) is 0 Å². The molecule has 6 heteroatoms. The normalized spacial score (nSPS) is 5.88. The second-order valence-corrected chi connectivity index (χ2v) is 0.794. The van der Waals surface area contributed by atoms with E-state index in [4.69, 9.17) is 0 Å². The molecular weight excluding hydrogens is 170 g/mol. The smallest absolute Gasteiger partial charge is 1.00 e. The van der Waals surface area contributed by atoms with Crippen molar-refractivity contribution in [3.8, 4) is 0 Å². The molecule has 0 aromatic rings. The number of hydrogen-bond donors (Lipinski definition) is 0. The summed E-state index contributed by atoms with van der Waals surface area (Å²) in [6, 6.07) is 0. The van der Waals surface area contributed by atoms with Crippen molar-refractivity contribution < 1.29 is 119 Å². The molecule has 0 rings (SSSR count). The molecule has 0 aliphatic rings. The van der Waals surface area contributed by atoms with E-state index in [2.05, 4.69) is 0 Å². The van der Waals surface area contributed by atoms with Crippen LogP contribution in [0.15, 0.2) is 11.8 Å². The Kier molecular flexibility index (Phi) is 21.1. The first-order valence-corrected chi connectivity index (χ1v) is 1.32. The maximum atomic E-state index is 11.0. The Morgan fingerprint density at radius 1 is 1.12 bits per heavy atom. The van der Waals surface area contributed by atoms with Crippen molar-refractivity contribution in [2.45, 2.75) is 0 Å². The molecule has 0 amide bonds. The van der Waals surface area contributed by atoms with Crippen molar-refractivity contribution in [3.63, 3.8) is 0 Å². The van der Waals surface area contributed by atoms with Gasteiger partial charge in [0.1, 0.15) is 5.73 Å². The Bertz CT molecular complexity index is 72.6. The van der Waals surface area contributed by atoms with Gasteiger partial charge in [0.05, 0.1) is 0 Å². The van der Waals surface area contributed by atoms with Gasteiger partial charge in [-0.05, 0) is 0 Å². The van der Waals surface area contributed by atoms with E-state index in [9.17, 15) is 13.2 Å². The molecule has 0 N–H and O–H groups in total. The third-order valence-electron chi connectivity index (χ3n) is 0.260. The maximum absolute atomic E-state index is 11.0. The van der Waals surface area contributed by atoms with Crippen LogP contribution in [0.3, 0.4) is 0 Å². The zero-order valence-electron chi connectivity index (χ0n) is 7.13. The molecule has 0 atom stereocenters. The van der Waals surface area contributed by atoms with Crippen molar-refractivity contribution in [2.24, 2.45) is 0 Å². The molecule has 8 heavy (non-hydrogen) atoms. The Morgan fingerprint density at radius 3 is 1.25 bits per heavy atom. The van der Waals surface area contributed by atoms with Gasteiger partial charge in [0.15, 0.2) is 7.85 Å². The Hall–Kier alpha value is 2.87. The molecule has 0 saturated carbocycles. The van der Waals surface area contributed by atoms with Gasteiger partial charge in [-0.25, -0.2) is 4.39 Å². The fourth-order valence-electron chi connectivity index (χ4n) is 0. The van der Waals surface area contributed by atoms with Crippen molar-refractivity contribution in [1.82, 2.24) is 0 Å². The van der Waals surface area contributed by atoms with E-state index in [0.29, 0.717) is 7.85 Å². The molecule has 0 unspecified atom stereocenters. The summed E-state index contributed by atoms with van der Waals surface area (Å²) in [5, 5.41) is 0. The van der Waals surface area contributed by atoms with Crippen LogP contribution in [0.2, 0.25) is 0 Å². The van der Waals surface area contributed by atoms with Crippen LogP contribution in [0.5, 0.6) is 0 Å². The molecule has 0 heterocycles. The van der Waals surface area contributed by atoms with Gasteiger partial charge < -0.3 is 2.85 Å². The average molecular weight is 174 g/mol. The fourth-order valence-corrected chi connectivity index (χ4v) is 0. The molecule has 0 aromatic heterocycles. The molecule has 0 spiro atoms. The molecular formula is C2H4BF3K2. The summed E-state index contributed by atoms with van der Waals surface area (Å²) in [5.41, 5.74) is -1.41. The first-order chi connectivity index (χ1) is 2.64. The Labute approximate surface area is 135 Å². The van der Waals surface area contributed by atoms with Gasteiger partial charge in [0.2, 0.25) is 0 Å². The van der Waals surface area contributed by atoms with E-state index in [1.165, 1.54) is 0 Å².